The van der Waals surface area contributed by atoms with Gasteiger partial charge in [0.25, 0.3) is 0 Å². The summed E-state index contributed by atoms with van der Waals surface area (Å²) in [5.41, 5.74) is 2.11. The first-order chi connectivity index (χ1) is 8.70. The Bertz CT molecular complexity index is 513. The maximum Gasteiger partial charge on any atom is 0.0751 e. The zero-order valence-electron chi connectivity index (χ0n) is 10.0. The minimum absolute atomic E-state index is 0.0711. The second kappa shape index (κ2) is 6.32. The van der Waals surface area contributed by atoms with E-state index in [0.29, 0.717) is 0 Å². The van der Waals surface area contributed by atoms with Crippen molar-refractivity contribution in [1.29, 1.82) is 0 Å². The fraction of sp³-hybridized carbons (Fsp3) is 0.214. The first kappa shape index (κ1) is 13.5. The highest BCUT2D eigenvalue weighted by atomic mass is 79.9. The van der Waals surface area contributed by atoms with Crippen molar-refractivity contribution in [2.24, 2.45) is 0 Å². The van der Waals surface area contributed by atoms with E-state index < -0.39 is 0 Å². The molecule has 2 aromatic rings. The number of pyridine rings is 1. The number of rotatable bonds is 4. The molecule has 0 saturated carbocycles. The Labute approximate surface area is 121 Å². The molecule has 4 heteroatoms. The van der Waals surface area contributed by atoms with Crippen LogP contribution in [0.25, 0.3) is 0 Å². The van der Waals surface area contributed by atoms with Crippen molar-refractivity contribution in [3.63, 3.8) is 0 Å². The van der Waals surface area contributed by atoms with E-state index in [2.05, 4.69) is 39.2 Å². The molecule has 2 nitrogen and oxygen atoms in total. The molecule has 0 aliphatic rings. The average Bonchev–Trinajstić information content (AvgIpc) is 2.37. The van der Waals surface area contributed by atoms with Gasteiger partial charge in [-0.3, -0.25) is 4.98 Å². The molecule has 0 amide bonds. The quantitative estimate of drug-likeness (QED) is 0.911. The predicted octanol–water partition coefficient (Wildman–Crippen LogP) is 4.20. The third-order valence-corrected chi connectivity index (χ3v) is 3.34. The SMILES string of the molecule is CCNC(c1cccc(Cl)c1)c1ccc(Br)cn1. The number of hydrogen-bond acceptors (Lipinski definition) is 2. The van der Waals surface area contributed by atoms with Gasteiger partial charge >= 0.3 is 0 Å². The summed E-state index contributed by atoms with van der Waals surface area (Å²) in [5, 5.41) is 4.17. The lowest BCUT2D eigenvalue weighted by atomic mass is 10.0. The van der Waals surface area contributed by atoms with Crippen LogP contribution >= 0.6 is 27.5 Å². The predicted molar refractivity (Wildman–Crippen MR) is 78.9 cm³/mol. The molecular weight excluding hydrogens is 312 g/mol. The third-order valence-electron chi connectivity index (χ3n) is 2.64. The van der Waals surface area contributed by atoms with Crippen LogP contribution in [0, 0.1) is 0 Å². The fourth-order valence-electron chi connectivity index (χ4n) is 1.84. The molecular formula is C14H14BrClN2. The molecule has 1 unspecified atom stereocenters. The maximum absolute atomic E-state index is 6.05. The number of halogens is 2. The summed E-state index contributed by atoms with van der Waals surface area (Å²) in [6, 6.07) is 11.9. The zero-order chi connectivity index (χ0) is 13.0. The molecule has 0 aliphatic carbocycles. The fourth-order valence-corrected chi connectivity index (χ4v) is 2.27. The molecule has 0 spiro atoms. The van der Waals surface area contributed by atoms with E-state index in [4.69, 9.17) is 11.6 Å². The van der Waals surface area contributed by atoms with Gasteiger partial charge in [-0.25, -0.2) is 0 Å². The largest absolute Gasteiger partial charge is 0.305 e. The molecule has 0 bridgehead atoms. The van der Waals surface area contributed by atoms with E-state index in [0.717, 1.165) is 27.3 Å². The van der Waals surface area contributed by atoms with Crippen LogP contribution in [0.15, 0.2) is 47.1 Å². The monoisotopic (exact) mass is 324 g/mol. The highest BCUT2D eigenvalue weighted by molar-refractivity contribution is 9.10. The molecule has 1 heterocycles. The Kier molecular flexibility index (Phi) is 4.75. The van der Waals surface area contributed by atoms with Crippen LogP contribution in [-0.2, 0) is 0 Å². The summed E-state index contributed by atoms with van der Waals surface area (Å²) in [7, 11) is 0. The standard InChI is InChI=1S/C14H14BrClN2/c1-2-17-14(10-4-3-5-12(16)8-10)13-7-6-11(15)9-18-13/h3-9,14,17H,2H2,1H3. The Balaban J connectivity index is 2.36. The van der Waals surface area contributed by atoms with Gasteiger partial charge < -0.3 is 5.32 Å². The summed E-state index contributed by atoms with van der Waals surface area (Å²) in [6.45, 7) is 2.95. The molecule has 0 saturated heterocycles. The van der Waals surface area contributed by atoms with Gasteiger partial charge in [-0.1, -0.05) is 30.7 Å². The van der Waals surface area contributed by atoms with Crippen molar-refractivity contribution in [3.05, 3.63) is 63.3 Å². The molecule has 1 N–H and O–H groups in total. The van der Waals surface area contributed by atoms with E-state index in [1.54, 1.807) is 0 Å². The van der Waals surface area contributed by atoms with Crippen LogP contribution in [-0.4, -0.2) is 11.5 Å². The first-order valence-corrected chi connectivity index (χ1v) is 6.98. The summed E-state index contributed by atoms with van der Waals surface area (Å²) in [6.07, 6.45) is 1.81. The Morgan fingerprint density at radius 3 is 2.78 bits per heavy atom. The minimum atomic E-state index is 0.0711. The van der Waals surface area contributed by atoms with E-state index in [-0.39, 0.29) is 6.04 Å². The van der Waals surface area contributed by atoms with E-state index in [9.17, 15) is 0 Å². The minimum Gasteiger partial charge on any atom is -0.305 e. The summed E-state index contributed by atoms with van der Waals surface area (Å²) < 4.78 is 0.979. The highest BCUT2D eigenvalue weighted by Gasteiger charge is 2.14. The average molecular weight is 326 g/mol. The Morgan fingerprint density at radius 1 is 1.33 bits per heavy atom. The van der Waals surface area contributed by atoms with Crippen molar-refractivity contribution in [3.8, 4) is 0 Å². The molecule has 0 aliphatic heterocycles. The lowest BCUT2D eigenvalue weighted by Crippen LogP contribution is -2.22. The Hall–Kier alpha value is -0.900. The molecule has 2 rings (SSSR count). The zero-order valence-corrected chi connectivity index (χ0v) is 12.4. The number of hydrogen-bond donors (Lipinski definition) is 1. The summed E-state index contributed by atoms with van der Waals surface area (Å²) in [4.78, 5) is 4.45. The van der Waals surface area contributed by atoms with Gasteiger partial charge in [-0.2, -0.15) is 0 Å². The molecule has 18 heavy (non-hydrogen) atoms. The van der Waals surface area contributed by atoms with Gasteiger partial charge in [0.15, 0.2) is 0 Å². The maximum atomic E-state index is 6.05. The molecule has 0 fully saturated rings. The first-order valence-electron chi connectivity index (χ1n) is 5.81. The van der Waals surface area contributed by atoms with Crippen molar-refractivity contribution in [2.75, 3.05) is 6.54 Å². The normalized spacial score (nSPS) is 12.4. The lowest BCUT2D eigenvalue weighted by Gasteiger charge is -2.18. The van der Waals surface area contributed by atoms with Crippen LogP contribution in [0.4, 0.5) is 0 Å². The highest BCUT2D eigenvalue weighted by Crippen LogP contribution is 2.23. The van der Waals surface area contributed by atoms with Crippen molar-refractivity contribution < 1.29 is 0 Å². The Morgan fingerprint density at radius 2 is 2.17 bits per heavy atom. The number of benzene rings is 1. The van der Waals surface area contributed by atoms with E-state index >= 15 is 0 Å². The molecule has 1 atom stereocenters. The van der Waals surface area contributed by atoms with Gasteiger partial charge in [0.2, 0.25) is 0 Å². The van der Waals surface area contributed by atoms with Crippen molar-refractivity contribution in [1.82, 2.24) is 10.3 Å². The van der Waals surface area contributed by atoms with Gasteiger partial charge in [-0.05, 0) is 52.3 Å². The summed E-state index contributed by atoms with van der Waals surface area (Å²) >= 11 is 9.44. The van der Waals surface area contributed by atoms with Crippen LogP contribution in [0.2, 0.25) is 5.02 Å². The van der Waals surface area contributed by atoms with Crippen LogP contribution in [0.3, 0.4) is 0 Å². The van der Waals surface area contributed by atoms with Gasteiger partial charge in [-0.15, -0.1) is 0 Å². The van der Waals surface area contributed by atoms with Crippen LogP contribution in [0.5, 0.6) is 0 Å². The lowest BCUT2D eigenvalue weighted by molar-refractivity contribution is 0.615. The van der Waals surface area contributed by atoms with Crippen molar-refractivity contribution >= 4 is 27.5 Å². The topological polar surface area (TPSA) is 24.9 Å². The van der Waals surface area contributed by atoms with Gasteiger partial charge in [0.1, 0.15) is 0 Å². The number of nitrogens with one attached hydrogen (secondary N) is 1. The van der Waals surface area contributed by atoms with Crippen LogP contribution in [0.1, 0.15) is 24.2 Å². The number of aromatic nitrogens is 1. The smallest absolute Gasteiger partial charge is 0.0751 e. The molecule has 1 aromatic carbocycles. The third kappa shape index (κ3) is 3.31. The summed E-state index contributed by atoms with van der Waals surface area (Å²) in [5.74, 6) is 0. The second-order valence-electron chi connectivity index (χ2n) is 3.95. The van der Waals surface area contributed by atoms with Gasteiger partial charge in [0, 0.05) is 15.7 Å². The number of nitrogens with zero attached hydrogens (tertiary/aromatic N) is 1. The molecule has 0 radical (unpaired) electrons. The second-order valence-corrected chi connectivity index (χ2v) is 5.30. The van der Waals surface area contributed by atoms with Crippen molar-refractivity contribution in [2.45, 2.75) is 13.0 Å². The van der Waals surface area contributed by atoms with Gasteiger partial charge in [0.05, 0.1) is 11.7 Å². The van der Waals surface area contributed by atoms with E-state index in [1.807, 2.05) is 36.5 Å². The van der Waals surface area contributed by atoms with Crippen LogP contribution < -0.4 is 5.32 Å². The van der Waals surface area contributed by atoms with E-state index in [1.165, 1.54) is 0 Å². The molecule has 94 valence electrons. The molecule has 1 aromatic heterocycles.